The number of ether oxygens (including phenoxy) is 2. The molecule has 26 heavy (non-hydrogen) atoms. The normalized spacial score (nSPS) is 10.7. The van der Waals surface area contributed by atoms with E-state index in [1.165, 1.54) is 0 Å². The predicted octanol–water partition coefficient (Wildman–Crippen LogP) is 2.94. The molecule has 0 fully saturated rings. The summed E-state index contributed by atoms with van der Waals surface area (Å²) in [6.07, 6.45) is 1.34. The summed E-state index contributed by atoms with van der Waals surface area (Å²) in [4.78, 5) is 26.6. The van der Waals surface area contributed by atoms with Gasteiger partial charge in [-0.15, -0.1) is 0 Å². The number of hydrogen-bond donors (Lipinski definition) is 2. The maximum absolute atomic E-state index is 12.1. The lowest BCUT2D eigenvalue weighted by atomic mass is 10.1. The van der Waals surface area contributed by atoms with E-state index in [1.807, 2.05) is 36.4 Å². The smallest absolute Gasteiger partial charge is 0.251 e. The Hall–Kier alpha value is -3.12. The average molecular weight is 352 g/mol. The van der Waals surface area contributed by atoms with Gasteiger partial charge in [0, 0.05) is 36.2 Å². The van der Waals surface area contributed by atoms with Gasteiger partial charge in [-0.25, -0.2) is 0 Å². The molecule has 0 aliphatic rings. The van der Waals surface area contributed by atoms with Gasteiger partial charge in [0.05, 0.1) is 5.69 Å². The number of fused-ring (bicyclic) bond motifs is 1. The van der Waals surface area contributed by atoms with E-state index in [0.29, 0.717) is 30.0 Å². The van der Waals surface area contributed by atoms with Gasteiger partial charge in [0.15, 0.2) is 13.1 Å². The number of H-pyrrole nitrogens is 1. The van der Waals surface area contributed by atoms with E-state index in [-0.39, 0.29) is 12.7 Å². The van der Waals surface area contributed by atoms with E-state index in [4.69, 9.17) is 9.47 Å². The van der Waals surface area contributed by atoms with Crippen LogP contribution >= 0.6 is 0 Å². The molecule has 1 amide bonds. The summed E-state index contributed by atoms with van der Waals surface area (Å²) in [5, 5.41) is 3.82. The van der Waals surface area contributed by atoms with Crippen molar-refractivity contribution in [2.75, 3.05) is 20.4 Å². The Morgan fingerprint density at radius 2 is 2.00 bits per heavy atom. The molecule has 134 valence electrons. The number of aromatic nitrogens is 1. The monoisotopic (exact) mass is 352 g/mol. The van der Waals surface area contributed by atoms with Crippen molar-refractivity contribution in [3.8, 4) is 5.75 Å². The zero-order chi connectivity index (χ0) is 18.4. The molecule has 0 aliphatic heterocycles. The lowest BCUT2D eigenvalue weighted by molar-refractivity contribution is 0.0512. The zero-order valence-corrected chi connectivity index (χ0v) is 14.5. The third kappa shape index (κ3) is 3.92. The number of amides is 1. The molecule has 0 radical (unpaired) electrons. The number of aldehydes is 1. The minimum absolute atomic E-state index is 0.131. The third-order valence-corrected chi connectivity index (χ3v) is 4.07. The molecule has 0 unspecified atom stereocenters. The molecule has 6 heteroatoms. The second kappa shape index (κ2) is 8.31. The first kappa shape index (κ1) is 17.7. The summed E-state index contributed by atoms with van der Waals surface area (Å²) in [6.45, 7) is 0.592. The van der Waals surface area contributed by atoms with Crippen molar-refractivity contribution in [2.45, 2.75) is 6.42 Å². The summed E-state index contributed by atoms with van der Waals surface area (Å²) >= 11 is 0. The minimum Gasteiger partial charge on any atom is -0.467 e. The molecule has 2 aromatic carbocycles. The Bertz CT molecular complexity index is 903. The average Bonchev–Trinajstić information content (AvgIpc) is 3.04. The second-order valence-electron chi connectivity index (χ2n) is 5.77. The molecule has 0 saturated carbocycles. The van der Waals surface area contributed by atoms with E-state index in [0.717, 1.165) is 22.8 Å². The van der Waals surface area contributed by atoms with Crippen LogP contribution in [-0.2, 0) is 11.2 Å². The molecule has 0 saturated heterocycles. The van der Waals surface area contributed by atoms with Crippen LogP contribution in [0, 0.1) is 0 Å². The van der Waals surface area contributed by atoms with Crippen LogP contribution in [0.15, 0.2) is 48.5 Å². The molecular weight excluding hydrogens is 332 g/mol. The van der Waals surface area contributed by atoms with Crippen molar-refractivity contribution in [1.29, 1.82) is 0 Å². The number of hydrogen-bond acceptors (Lipinski definition) is 4. The summed E-state index contributed by atoms with van der Waals surface area (Å²) < 4.78 is 10.3. The maximum atomic E-state index is 12.1. The first-order chi connectivity index (χ1) is 12.7. The van der Waals surface area contributed by atoms with Crippen LogP contribution in [0.4, 0.5) is 0 Å². The van der Waals surface area contributed by atoms with E-state index in [9.17, 15) is 9.59 Å². The highest BCUT2D eigenvalue weighted by molar-refractivity contribution is 5.95. The second-order valence-corrected chi connectivity index (χ2v) is 5.77. The van der Waals surface area contributed by atoms with Crippen LogP contribution < -0.4 is 10.1 Å². The van der Waals surface area contributed by atoms with Crippen molar-refractivity contribution >= 4 is 23.1 Å². The Labute approximate surface area is 151 Å². The lowest BCUT2D eigenvalue weighted by Gasteiger charge is -2.06. The van der Waals surface area contributed by atoms with Crippen molar-refractivity contribution in [1.82, 2.24) is 10.3 Å². The van der Waals surface area contributed by atoms with E-state index in [1.54, 1.807) is 19.2 Å². The SMILES string of the molecule is COCOc1ccc2c(CCNC(=O)c3ccccc3)c(C=O)[nH]c2c1. The van der Waals surface area contributed by atoms with Gasteiger partial charge >= 0.3 is 0 Å². The molecule has 0 aliphatic carbocycles. The largest absolute Gasteiger partial charge is 0.467 e. The van der Waals surface area contributed by atoms with Gasteiger partial charge in [-0.3, -0.25) is 9.59 Å². The number of aromatic amines is 1. The van der Waals surface area contributed by atoms with Gasteiger partial charge in [-0.1, -0.05) is 18.2 Å². The molecule has 2 N–H and O–H groups in total. The summed E-state index contributed by atoms with van der Waals surface area (Å²) in [5.41, 5.74) is 2.81. The van der Waals surface area contributed by atoms with Gasteiger partial charge in [0.2, 0.25) is 0 Å². The van der Waals surface area contributed by atoms with Crippen LogP contribution in [0.3, 0.4) is 0 Å². The third-order valence-electron chi connectivity index (χ3n) is 4.07. The standard InChI is InChI=1S/C20H20N2O4/c1-25-13-26-15-7-8-16-17(19(12-23)22-18(16)11-15)9-10-21-20(24)14-5-3-2-4-6-14/h2-8,11-12,22H,9-10,13H2,1H3,(H,21,24). The quantitative estimate of drug-likeness (QED) is 0.482. The highest BCUT2D eigenvalue weighted by atomic mass is 16.7. The molecule has 0 bridgehead atoms. The summed E-state index contributed by atoms with van der Waals surface area (Å²) in [6, 6.07) is 14.6. The predicted molar refractivity (Wildman–Crippen MR) is 98.7 cm³/mol. The van der Waals surface area contributed by atoms with Gasteiger partial charge in [0.1, 0.15) is 5.75 Å². The highest BCUT2D eigenvalue weighted by Gasteiger charge is 2.12. The van der Waals surface area contributed by atoms with Crippen molar-refractivity contribution in [3.05, 3.63) is 65.4 Å². The number of nitrogens with one attached hydrogen (secondary N) is 2. The van der Waals surface area contributed by atoms with Gasteiger partial charge < -0.3 is 19.8 Å². The molecule has 3 rings (SSSR count). The van der Waals surface area contributed by atoms with Crippen LogP contribution in [0.5, 0.6) is 5.75 Å². The minimum atomic E-state index is -0.131. The Morgan fingerprint density at radius 1 is 1.19 bits per heavy atom. The molecule has 1 aromatic heterocycles. The van der Waals surface area contributed by atoms with E-state index < -0.39 is 0 Å². The first-order valence-corrected chi connectivity index (χ1v) is 8.27. The number of rotatable bonds is 8. The van der Waals surface area contributed by atoms with E-state index >= 15 is 0 Å². The number of benzene rings is 2. The summed E-state index contributed by atoms with van der Waals surface area (Å²) in [7, 11) is 1.56. The summed E-state index contributed by atoms with van der Waals surface area (Å²) in [5.74, 6) is 0.523. The lowest BCUT2D eigenvalue weighted by Crippen LogP contribution is -2.25. The first-order valence-electron chi connectivity index (χ1n) is 8.27. The molecule has 1 heterocycles. The van der Waals surface area contributed by atoms with Gasteiger partial charge in [-0.2, -0.15) is 0 Å². The fourth-order valence-corrected chi connectivity index (χ4v) is 2.83. The number of methoxy groups -OCH3 is 1. The Balaban J connectivity index is 1.72. The van der Waals surface area contributed by atoms with Crippen molar-refractivity contribution in [2.24, 2.45) is 0 Å². The molecule has 3 aromatic rings. The number of carbonyl (C=O) groups excluding carboxylic acids is 2. The molecular formula is C20H20N2O4. The maximum Gasteiger partial charge on any atom is 0.251 e. The Morgan fingerprint density at radius 3 is 2.73 bits per heavy atom. The van der Waals surface area contributed by atoms with Crippen LogP contribution in [0.25, 0.3) is 10.9 Å². The van der Waals surface area contributed by atoms with Gasteiger partial charge in [0.25, 0.3) is 5.91 Å². The Kier molecular flexibility index (Phi) is 5.66. The van der Waals surface area contributed by atoms with Crippen molar-refractivity contribution in [3.63, 3.8) is 0 Å². The molecule has 0 atom stereocenters. The fourth-order valence-electron chi connectivity index (χ4n) is 2.83. The van der Waals surface area contributed by atoms with Crippen LogP contribution in [0.1, 0.15) is 26.4 Å². The molecule has 0 spiro atoms. The highest BCUT2D eigenvalue weighted by Crippen LogP contribution is 2.26. The molecule has 6 nitrogen and oxygen atoms in total. The zero-order valence-electron chi connectivity index (χ0n) is 14.5. The fraction of sp³-hybridized carbons (Fsp3) is 0.200. The van der Waals surface area contributed by atoms with Crippen molar-refractivity contribution < 1.29 is 19.1 Å². The van der Waals surface area contributed by atoms with E-state index in [2.05, 4.69) is 10.3 Å². The topological polar surface area (TPSA) is 80.4 Å². The van der Waals surface area contributed by atoms with Crippen LogP contribution in [-0.4, -0.2) is 37.6 Å². The van der Waals surface area contributed by atoms with Crippen LogP contribution in [0.2, 0.25) is 0 Å². The van der Waals surface area contributed by atoms with Gasteiger partial charge in [-0.05, 0) is 36.2 Å². The number of carbonyl (C=O) groups is 2.